The summed E-state index contributed by atoms with van der Waals surface area (Å²) in [7, 11) is 0. The van der Waals surface area contributed by atoms with Crippen LogP contribution in [0.2, 0.25) is 0 Å². The fraction of sp³-hybridized carbons (Fsp3) is 0.417. The second-order valence-corrected chi connectivity index (χ2v) is 4.91. The molecule has 8 nitrogen and oxygen atoms in total. The van der Waals surface area contributed by atoms with Crippen LogP contribution in [0.15, 0.2) is 11.7 Å². The molecule has 2 N–H and O–H groups in total. The largest absolute Gasteiger partial charge is 0.461 e. The number of carbonyl (C=O) groups is 2. The number of H-pyrrole nitrogens is 1. The van der Waals surface area contributed by atoms with Crippen molar-refractivity contribution in [2.45, 2.75) is 19.8 Å². The highest BCUT2D eigenvalue weighted by Crippen LogP contribution is 2.11. The Balaban J connectivity index is 1.76. The van der Waals surface area contributed by atoms with Crippen LogP contribution in [0.3, 0.4) is 0 Å². The van der Waals surface area contributed by atoms with Crippen LogP contribution in [0.5, 0.6) is 0 Å². The number of carbonyl (C=O) groups excluding carboxylic acids is 2. The summed E-state index contributed by atoms with van der Waals surface area (Å²) in [5, 5.41) is 11.0. The molecule has 0 aliphatic rings. The molecule has 0 fully saturated rings. The Hall–Kier alpha value is -2.29. The molecule has 2 rings (SSSR count). The Bertz CT molecular complexity index is 596. The zero-order chi connectivity index (χ0) is 15.1. The number of esters is 1. The molecule has 0 bridgehead atoms. The van der Waals surface area contributed by atoms with Crippen molar-refractivity contribution in [1.29, 1.82) is 0 Å². The maximum Gasteiger partial charge on any atom is 0.367 e. The first kappa shape index (κ1) is 15.1. The van der Waals surface area contributed by atoms with Crippen LogP contribution in [0.1, 0.15) is 39.5 Å². The summed E-state index contributed by atoms with van der Waals surface area (Å²) in [6.45, 7) is 2.49. The minimum atomic E-state index is -0.508. The van der Waals surface area contributed by atoms with Crippen LogP contribution in [0.4, 0.5) is 0 Å². The number of nitrogens with zero attached hydrogens (tertiary/aromatic N) is 3. The first-order valence-corrected chi connectivity index (χ1v) is 7.33. The Morgan fingerprint density at radius 1 is 1.48 bits per heavy atom. The zero-order valence-corrected chi connectivity index (χ0v) is 12.3. The molecule has 0 aromatic carbocycles. The Labute approximate surface area is 125 Å². The lowest BCUT2D eigenvalue weighted by molar-refractivity contribution is 0.0526. The van der Waals surface area contributed by atoms with Gasteiger partial charge in [-0.15, -0.1) is 11.3 Å². The zero-order valence-electron chi connectivity index (χ0n) is 11.5. The van der Waals surface area contributed by atoms with Crippen LogP contribution in [0, 0.1) is 0 Å². The third-order valence-corrected chi connectivity index (χ3v) is 3.35. The van der Waals surface area contributed by atoms with Crippen molar-refractivity contribution >= 4 is 23.2 Å². The van der Waals surface area contributed by atoms with Crippen LogP contribution < -0.4 is 5.32 Å². The molecule has 2 aromatic heterocycles. The van der Waals surface area contributed by atoms with Gasteiger partial charge in [-0.25, -0.2) is 14.8 Å². The number of ether oxygens (including phenoxy) is 1. The summed E-state index contributed by atoms with van der Waals surface area (Å²) < 4.78 is 4.82. The summed E-state index contributed by atoms with van der Waals surface area (Å²) in [6, 6.07) is 0. The molecule has 0 aliphatic heterocycles. The maximum atomic E-state index is 11.8. The number of aromatic nitrogens is 4. The van der Waals surface area contributed by atoms with Gasteiger partial charge >= 0.3 is 5.97 Å². The van der Waals surface area contributed by atoms with Crippen molar-refractivity contribution in [3.05, 3.63) is 28.2 Å². The monoisotopic (exact) mass is 309 g/mol. The van der Waals surface area contributed by atoms with Gasteiger partial charge in [0.05, 0.1) is 6.61 Å². The highest BCUT2D eigenvalue weighted by Gasteiger charge is 2.15. The summed E-state index contributed by atoms with van der Waals surface area (Å²) >= 11 is 1.09. The summed E-state index contributed by atoms with van der Waals surface area (Å²) in [4.78, 5) is 31.2. The van der Waals surface area contributed by atoms with Crippen LogP contribution >= 0.6 is 11.3 Å². The number of nitrogens with one attached hydrogen (secondary N) is 2. The van der Waals surface area contributed by atoms with Gasteiger partial charge in [0.2, 0.25) is 5.01 Å². The van der Waals surface area contributed by atoms with E-state index in [1.807, 2.05) is 0 Å². The summed E-state index contributed by atoms with van der Waals surface area (Å²) in [5.41, 5.74) is 0.225. The minimum absolute atomic E-state index is 0.184. The van der Waals surface area contributed by atoms with Gasteiger partial charge in [-0.1, -0.05) is 0 Å². The molecule has 9 heteroatoms. The van der Waals surface area contributed by atoms with Crippen molar-refractivity contribution in [2.75, 3.05) is 13.2 Å². The van der Waals surface area contributed by atoms with E-state index in [2.05, 4.69) is 25.5 Å². The lowest BCUT2D eigenvalue weighted by atomic mass is 10.3. The van der Waals surface area contributed by atoms with E-state index in [0.29, 0.717) is 13.0 Å². The first-order chi connectivity index (χ1) is 10.2. The first-order valence-electron chi connectivity index (χ1n) is 6.45. The molecule has 112 valence electrons. The van der Waals surface area contributed by atoms with Gasteiger partial charge in [0.1, 0.15) is 17.8 Å². The van der Waals surface area contributed by atoms with Crippen LogP contribution in [0.25, 0.3) is 0 Å². The van der Waals surface area contributed by atoms with E-state index in [4.69, 9.17) is 4.74 Å². The molecule has 0 unspecified atom stereocenters. The van der Waals surface area contributed by atoms with E-state index in [9.17, 15) is 9.59 Å². The van der Waals surface area contributed by atoms with Gasteiger partial charge in [0, 0.05) is 18.3 Å². The van der Waals surface area contributed by atoms with Gasteiger partial charge in [-0.2, -0.15) is 5.10 Å². The van der Waals surface area contributed by atoms with E-state index in [0.717, 1.165) is 23.6 Å². The van der Waals surface area contributed by atoms with Crippen molar-refractivity contribution in [2.24, 2.45) is 0 Å². The molecule has 0 spiro atoms. The molecule has 0 aliphatic carbocycles. The fourth-order valence-electron chi connectivity index (χ4n) is 1.56. The molecular weight excluding hydrogens is 294 g/mol. The van der Waals surface area contributed by atoms with E-state index < -0.39 is 5.97 Å². The quantitative estimate of drug-likeness (QED) is 0.578. The van der Waals surface area contributed by atoms with Crippen molar-refractivity contribution < 1.29 is 14.3 Å². The standard InChI is InChI=1S/C12H15N5O3S/c1-2-20-12(19)11-16-8(6-21-11)10(18)13-5-3-4-9-14-7-15-17-9/h6-7H,2-5H2,1H3,(H,13,18)(H,14,15,17). The Morgan fingerprint density at radius 3 is 3.05 bits per heavy atom. The normalized spacial score (nSPS) is 10.3. The molecule has 2 aromatic rings. The molecule has 0 saturated carbocycles. The van der Waals surface area contributed by atoms with Gasteiger partial charge in [-0.05, 0) is 13.3 Å². The van der Waals surface area contributed by atoms with Crippen LogP contribution in [-0.2, 0) is 11.2 Å². The van der Waals surface area contributed by atoms with Crippen molar-refractivity contribution in [3.8, 4) is 0 Å². The highest BCUT2D eigenvalue weighted by molar-refractivity contribution is 7.11. The molecule has 21 heavy (non-hydrogen) atoms. The van der Waals surface area contributed by atoms with E-state index in [-0.39, 0.29) is 23.2 Å². The van der Waals surface area contributed by atoms with Gasteiger partial charge in [0.25, 0.3) is 5.91 Å². The third-order valence-electron chi connectivity index (χ3n) is 2.53. The molecule has 0 radical (unpaired) electrons. The molecule has 1 amide bonds. The lowest BCUT2D eigenvalue weighted by Crippen LogP contribution is -2.25. The predicted molar refractivity (Wildman–Crippen MR) is 75.1 cm³/mol. The molecule has 0 atom stereocenters. The van der Waals surface area contributed by atoms with E-state index in [1.54, 1.807) is 6.92 Å². The van der Waals surface area contributed by atoms with E-state index in [1.165, 1.54) is 11.7 Å². The van der Waals surface area contributed by atoms with Crippen molar-refractivity contribution in [3.63, 3.8) is 0 Å². The Kier molecular flexibility index (Phi) is 5.38. The Morgan fingerprint density at radius 2 is 2.33 bits per heavy atom. The van der Waals surface area contributed by atoms with Crippen molar-refractivity contribution in [1.82, 2.24) is 25.5 Å². The molecule has 0 saturated heterocycles. The number of hydrogen-bond acceptors (Lipinski definition) is 7. The minimum Gasteiger partial charge on any atom is -0.461 e. The predicted octanol–water partition coefficient (Wildman–Crippen LogP) is 0.800. The average Bonchev–Trinajstić information content (AvgIpc) is 3.14. The highest BCUT2D eigenvalue weighted by atomic mass is 32.1. The fourth-order valence-corrected chi connectivity index (χ4v) is 2.25. The van der Waals surface area contributed by atoms with Crippen LogP contribution in [-0.4, -0.2) is 45.2 Å². The molecule has 2 heterocycles. The maximum absolute atomic E-state index is 11.8. The second-order valence-electron chi connectivity index (χ2n) is 4.05. The van der Waals surface area contributed by atoms with E-state index >= 15 is 0 Å². The topological polar surface area (TPSA) is 110 Å². The number of aryl methyl sites for hydroxylation is 1. The third kappa shape index (κ3) is 4.35. The molecular formula is C12H15N5O3S. The number of aromatic amines is 1. The average molecular weight is 309 g/mol. The number of rotatable bonds is 7. The van der Waals surface area contributed by atoms with Gasteiger partial charge in [0.15, 0.2) is 0 Å². The SMILES string of the molecule is CCOC(=O)c1nc(C(=O)NCCCc2ncn[nH]2)cs1. The van der Waals surface area contributed by atoms with Gasteiger partial charge < -0.3 is 10.1 Å². The second kappa shape index (κ2) is 7.48. The summed E-state index contributed by atoms with van der Waals surface area (Å²) in [5.74, 6) is -0.0336. The number of amides is 1. The number of thiazole rings is 1. The smallest absolute Gasteiger partial charge is 0.367 e. The summed E-state index contributed by atoms with van der Waals surface area (Å²) in [6.07, 6.45) is 2.88. The van der Waals surface area contributed by atoms with Gasteiger partial charge in [-0.3, -0.25) is 9.89 Å². The lowest BCUT2D eigenvalue weighted by Gasteiger charge is -2.01. The number of hydrogen-bond donors (Lipinski definition) is 2.